The second-order valence-corrected chi connectivity index (χ2v) is 5.86. The Hall–Kier alpha value is -3.61. The van der Waals surface area contributed by atoms with Gasteiger partial charge < -0.3 is 4.90 Å². The van der Waals surface area contributed by atoms with E-state index < -0.39 is 11.8 Å². The number of carbonyl (C=O) groups is 2. The largest absolute Gasteiger partial charge is 0.378 e. The van der Waals surface area contributed by atoms with Gasteiger partial charge in [0.2, 0.25) is 0 Å². The second kappa shape index (κ2) is 7.52. The minimum Gasteiger partial charge on any atom is -0.378 e. The molecule has 0 aliphatic rings. The van der Waals surface area contributed by atoms with E-state index in [0.29, 0.717) is 11.1 Å². The van der Waals surface area contributed by atoms with Crippen LogP contribution in [0.4, 0.5) is 5.69 Å². The topological polar surface area (TPSA) is 79.3 Å². The van der Waals surface area contributed by atoms with Gasteiger partial charge in [0.25, 0.3) is 11.8 Å². The lowest BCUT2D eigenvalue weighted by Gasteiger charge is -2.13. The van der Waals surface area contributed by atoms with Gasteiger partial charge in [-0.2, -0.15) is 5.10 Å². The van der Waals surface area contributed by atoms with Crippen LogP contribution in [0, 0.1) is 0 Å². The monoisotopic (exact) mass is 349 g/mol. The SMILES string of the molecule is CN(C)c1cccc(C(=O)NNC(=O)c2cnn(-c3ccccc3)c2)c1. The lowest BCUT2D eigenvalue weighted by molar-refractivity contribution is 0.0846. The molecule has 0 aliphatic heterocycles. The highest BCUT2D eigenvalue weighted by molar-refractivity contribution is 5.99. The van der Waals surface area contributed by atoms with Crippen LogP contribution in [-0.2, 0) is 0 Å². The van der Waals surface area contributed by atoms with Gasteiger partial charge in [0.1, 0.15) is 0 Å². The molecule has 2 amide bonds. The highest BCUT2D eigenvalue weighted by Gasteiger charge is 2.12. The number of para-hydroxylation sites is 1. The zero-order valence-corrected chi connectivity index (χ0v) is 14.5. The Morgan fingerprint density at radius 2 is 1.62 bits per heavy atom. The first-order valence-electron chi connectivity index (χ1n) is 8.03. The lowest BCUT2D eigenvalue weighted by atomic mass is 10.2. The molecule has 0 saturated heterocycles. The average molecular weight is 349 g/mol. The van der Waals surface area contributed by atoms with Gasteiger partial charge in [0.05, 0.1) is 17.4 Å². The third kappa shape index (κ3) is 3.89. The molecule has 2 aromatic carbocycles. The van der Waals surface area contributed by atoms with E-state index in [2.05, 4.69) is 16.0 Å². The molecule has 0 radical (unpaired) electrons. The predicted octanol–water partition coefficient (Wildman–Crippen LogP) is 2.01. The zero-order valence-electron chi connectivity index (χ0n) is 14.5. The molecule has 0 saturated carbocycles. The maximum atomic E-state index is 12.2. The summed E-state index contributed by atoms with van der Waals surface area (Å²) in [6, 6.07) is 16.6. The maximum absolute atomic E-state index is 12.2. The van der Waals surface area contributed by atoms with Gasteiger partial charge in [-0.1, -0.05) is 24.3 Å². The Bertz CT molecular complexity index is 918. The van der Waals surface area contributed by atoms with Crippen LogP contribution in [-0.4, -0.2) is 35.7 Å². The summed E-state index contributed by atoms with van der Waals surface area (Å²) in [5, 5.41) is 4.16. The molecule has 0 bridgehead atoms. The van der Waals surface area contributed by atoms with Crippen molar-refractivity contribution in [3.8, 4) is 5.69 Å². The van der Waals surface area contributed by atoms with Crippen LogP contribution in [0.2, 0.25) is 0 Å². The van der Waals surface area contributed by atoms with E-state index in [9.17, 15) is 9.59 Å². The molecule has 1 heterocycles. The quantitative estimate of drug-likeness (QED) is 0.706. The molecule has 0 aliphatic carbocycles. The highest BCUT2D eigenvalue weighted by Crippen LogP contribution is 2.13. The first-order valence-corrected chi connectivity index (χ1v) is 8.03. The number of nitrogens with zero attached hydrogens (tertiary/aromatic N) is 3. The summed E-state index contributed by atoms with van der Waals surface area (Å²) in [6.07, 6.45) is 3.05. The summed E-state index contributed by atoms with van der Waals surface area (Å²) in [5.74, 6) is -0.832. The van der Waals surface area contributed by atoms with Crippen LogP contribution in [0.1, 0.15) is 20.7 Å². The average Bonchev–Trinajstić information content (AvgIpc) is 3.17. The number of amides is 2. The normalized spacial score (nSPS) is 10.2. The number of benzene rings is 2. The van der Waals surface area contributed by atoms with E-state index in [1.54, 1.807) is 29.1 Å². The third-order valence-corrected chi connectivity index (χ3v) is 3.78. The molecule has 7 nitrogen and oxygen atoms in total. The molecule has 0 spiro atoms. The Balaban J connectivity index is 1.63. The number of anilines is 1. The lowest BCUT2D eigenvalue weighted by Crippen LogP contribution is -2.41. The van der Waals surface area contributed by atoms with Crippen LogP contribution in [0.3, 0.4) is 0 Å². The highest BCUT2D eigenvalue weighted by atomic mass is 16.2. The molecule has 1 aromatic heterocycles. The second-order valence-electron chi connectivity index (χ2n) is 5.86. The molecule has 3 rings (SSSR count). The number of nitrogens with one attached hydrogen (secondary N) is 2. The molecule has 26 heavy (non-hydrogen) atoms. The van der Waals surface area contributed by atoms with Crippen LogP contribution in [0.15, 0.2) is 67.0 Å². The van der Waals surface area contributed by atoms with E-state index in [1.807, 2.05) is 55.4 Å². The van der Waals surface area contributed by atoms with Crippen LogP contribution in [0.5, 0.6) is 0 Å². The molecule has 0 fully saturated rings. The van der Waals surface area contributed by atoms with Gasteiger partial charge in [0, 0.05) is 31.5 Å². The molecule has 0 unspecified atom stereocenters. The fourth-order valence-electron chi connectivity index (χ4n) is 2.35. The summed E-state index contributed by atoms with van der Waals surface area (Å²) in [7, 11) is 3.78. The smallest absolute Gasteiger partial charge is 0.272 e. The first kappa shape index (κ1) is 17.2. The number of hydrazine groups is 1. The Morgan fingerprint density at radius 3 is 2.31 bits per heavy atom. The van der Waals surface area contributed by atoms with Crippen LogP contribution in [0.25, 0.3) is 5.69 Å². The van der Waals surface area contributed by atoms with Crippen molar-refractivity contribution in [3.63, 3.8) is 0 Å². The van der Waals surface area contributed by atoms with Gasteiger partial charge in [-0.25, -0.2) is 4.68 Å². The number of carbonyl (C=O) groups excluding carboxylic acids is 2. The van der Waals surface area contributed by atoms with Crippen molar-refractivity contribution in [1.29, 1.82) is 0 Å². The van der Waals surface area contributed by atoms with E-state index in [0.717, 1.165) is 11.4 Å². The Kier molecular flexibility index (Phi) is 4.98. The zero-order chi connectivity index (χ0) is 18.5. The van der Waals surface area contributed by atoms with Crippen molar-refractivity contribution in [2.24, 2.45) is 0 Å². The van der Waals surface area contributed by atoms with E-state index >= 15 is 0 Å². The fraction of sp³-hybridized carbons (Fsp3) is 0.105. The van der Waals surface area contributed by atoms with Gasteiger partial charge >= 0.3 is 0 Å². The van der Waals surface area contributed by atoms with Crippen LogP contribution < -0.4 is 15.8 Å². The number of aromatic nitrogens is 2. The predicted molar refractivity (Wildman–Crippen MR) is 99.3 cm³/mol. The summed E-state index contributed by atoms with van der Waals surface area (Å²) in [6.45, 7) is 0. The van der Waals surface area contributed by atoms with Crippen LogP contribution >= 0.6 is 0 Å². The van der Waals surface area contributed by atoms with Crippen molar-refractivity contribution < 1.29 is 9.59 Å². The molecule has 7 heteroatoms. The molecule has 2 N–H and O–H groups in total. The minimum absolute atomic E-state index is 0.344. The molecular weight excluding hydrogens is 330 g/mol. The molecule has 3 aromatic rings. The summed E-state index contributed by atoms with van der Waals surface area (Å²) in [5.41, 5.74) is 7.36. The van der Waals surface area contributed by atoms with Gasteiger partial charge in [0.15, 0.2) is 0 Å². The third-order valence-electron chi connectivity index (χ3n) is 3.78. The van der Waals surface area contributed by atoms with Gasteiger partial charge in [-0.3, -0.25) is 20.4 Å². The maximum Gasteiger partial charge on any atom is 0.272 e. The molecule has 132 valence electrons. The van der Waals surface area contributed by atoms with Crippen molar-refractivity contribution in [2.45, 2.75) is 0 Å². The summed E-state index contributed by atoms with van der Waals surface area (Å²) in [4.78, 5) is 26.3. The Morgan fingerprint density at radius 1 is 0.923 bits per heavy atom. The van der Waals surface area contributed by atoms with Crippen molar-refractivity contribution >= 4 is 17.5 Å². The summed E-state index contributed by atoms with van der Waals surface area (Å²) < 4.78 is 1.59. The minimum atomic E-state index is -0.440. The van der Waals surface area contributed by atoms with Gasteiger partial charge in [-0.05, 0) is 30.3 Å². The number of hydrogen-bond donors (Lipinski definition) is 2. The van der Waals surface area contributed by atoms with Crippen molar-refractivity contribution in [2.75, 3.05) is 19.0 Å². The van der Waals surface area contributed by atoms with E-state index in [-0.39, 0.29) is 0 Å². The molecule has 0 atom stereocenters. The molecular formula is C19H19N5O2. The van der Waals surface area contributed by atoms with Crippen molar-refractivity contribution in [1.82, 2.24) is 20.6 Å². The first-order chi connectivity index (χ1) is 12.5. The van der Waals surface area contributed by atoms with Crippen molar-refractivity contribution in [3.05, 3.63) is 78.1 Å². The van der Waals surface area contributed by atoms with E-state index in [1.165, 1.54) is 6.20 Å². The van der Waals surface area contributed by atoms with E-state index in [4.69, 9.17) is 0 Å². The number of rotatable bonds is 4. The standard InChI is InChI=1S/C19H19N5O2/c1-23(2)17-10-6-7-14(11-17)18(25)21-22-19(26)15-12-20-24(13-15)16-8-4-3-5-9-16/h3-13H,1-2H3,(H,21,25)(H,22,26). The summed E-state index contributed by atoms with van der Waals surface area (Å²) >= 11 is 0. The number of hydrogen-bond acceptors (Lipinski definition) is 4. The fourth-order valence-corrected chi connectivity index (χ4v) is 2.35. The van der Waals surface area contributed by atoms with Gasteiger partial charge in [-0.15, -0.1) is 0 Å². The Labute approximate surface area is 151 Å².